The van der Waals surface area contributed by atoms with Crippen LogP contribution in [0.15, 0.2) is 60.9 Å². The Balaban J connectivity index is 1.69. The lowest BCUT2D eigenvalue weighted by molar-refractivity contribution is 0.441. The number of aromatic nitrogens is 4. The quantitative estimate of drug-likeness (QED) is 0.568. The van der Waals surface area contributed by atoms with Crippen molar-refractivity contribution in [1.82, 2.24) is 19.6 Å². The summed E-state index contributed by atoms with van der Waals surface area (Å²) in [6.07, 6.45) is 1.48. The third kappa shape index (κ3) is 2.50. The molecule has 4 aromatic rings. The fraction of sp³-hybridized carbons (Fsp3) is 0.105. The van der Waals surface area contributed by atoms with E-state index in [9.17, 15) is 0 Å². The zero-order chi connectivity index (χ0) is 16.5. The van der Waals surface area contributed by atoms with Gasteiger partial charge < -0.3 is 4.74 Å². The summed E-state index contributed by atoms with van der Waals surface area (Å²) in [5.41, 5.74) is 4.15. The molecule has 0 bridgehead atoms. The lowest BCUT2D eigenvalue weighted by atomic mass is 10.1. The Kier molecular flexibility index (Phi) is 3.46. The minimum Gasteiger partial charge on any atom is -0.439 e. The van der Waals surface area contributed by atoms with Gasteiger partial charge in [-0.05, 0) is 37.1 Å². The molecule has 0 unspecified atom stereocenters. The van der Waals surface area contributed by atoms with Crippen LogP contribution in [0.25, 0.3) is 16.9 Å². The second-order valence-electron chi connectivity index (χ2n) is 5.59. The van der Waals surface area contributed by atoms with Gasteiger partial charge in [0.2, 0.25) is 5.88 Å². The minimum atomic E-state index is 0.536. The van der Waals surface area contributed by atoms with E-state index in [4.69, 9.17) is 4.74 Å². The molecular formula is C19H16N4O. The van der Waals surface area contributed by atoms with Crippen LogP contribution >= 0.6 is 0 Å². The Labute approximate surface area is 139 Å². The summed E-state index contributed by atoms with van der Waals surface area (Å²) in [6.45, 7) is 3.91. The molecule has 0 saturated carbocycles. The molecule has 2 aromatic carbocycles. The number of fused-ring (bicyclic) bond motifs is 1. The first-order chi connectivity index (χ1) is 11.7. The molecule has 0 radical (unpaired) electrons. The van der Waals surface area contributed by atoms with E-state index in [-0.39, 0.29) is 0 Å². The molecule has 0 aliphatic rings. The monoisotopic (exact) mass is 316 g/mol. The van der Waals surface area contributed by atoms with Crippen LogP contribution in [0.4, 0.5) is 0 Å². The highest BCUT2D eigenvalue weighted by atomic mass is 16.5. The van der Waals surface area contributed by atoms with Gasteiger partial charge in [-0.1, -0.05) is 42.5 Å². The number of rotatable bonds is 3. The molecule has 0 saturated heterocycles. The Bertz CT molecular complexity index is 991. The van der Waals surface area contributed by atoms with Crippen LogP contribution in [0.1, 0.15) is 11.3 Å². The first kappa shape index (κ1) is 14.4. The van der Waals surface area contributed by atoms with Crippen molar-refractivity contribution in [3.8, 4) is 22.8 Å². The van der Waals surface area contributed by atoms with Crippen molar-refractivity contribution in [3.63, 3.8) is 0 Å². The van der Waals surface area contributed by atoms with Crippen LogP contribution in [0.5, 0.6) is 11.6 Å². The first-order valence-corrected chi connectivity index (χ1v) is 7.72. The second kappa shape index (κ2) is 5.77. The van der Waals surface area contributed by atoms with Crippen LogP contribution in [0.3, 0.4) is 0 Å². The van der Waals surface area contributed by atoms with E-state index >= 15 is 0 Å². The molecule has 2 aromatic heterocycles. The van der Waals surface area contributed by atoms with Crippen molar-refractivity contribution in [2.24, 2.45) is 0 Å². The second-order valence-corrected chi connectivity index (χ2v) is 5.59. The van der Waals surface area contributed by atoms with Gasteiger partial charge in [-0.25, -0.2) is 4.98 Å². The summed E-state index contributed by atoms with van der Waals surface area (Å²) in [5.74, 6) is 1.93. The van der Waals surface area contributed by atoms with Crippen LogP contribution < -0.4 is 4.74 Å². The van der Waals surface area contributed by atoms with Crippen LogP contribution in [0.2, 0.25) is 0 Å². The van der Waals surface area contributed by atoms with E-state index in [1.54, 1.807) is 4.52 Å². The molecule has 2 heterocycles. The largest absolute Gasteiger partial charge is 0.439 e. The standard InChI is InChI=1S/C19H16N4O/c1-13-14(2)22-19-20-12-21-23(19)18(13)24-17-10-8-16(9-11-17)15-6-4-3-5-7-15/h3-12H,1-2H3. The average Bonchev–Trinajstić information content (AvgIpc) is 3.08. The first-order valence-electron chi connectivity index (χ1n) is 7.72. The zero-order valence-electron chi connectivity index (χ0n) is 13.5. The van der Waals surface area contributed by atoms with Crippen molar-refractivity contribution in [1.29, 1.82) is 0 Å². The Hall–Kier alpha value is -3.21. The van der Waals surface area contributed by atoms with Gasteiger partial charge in [0.1, 0.15) is 12.1 Å². The maximum atomic E-state index is 6.07. The van der Waals surface area contributed by atoms with Crippen molar-refractivity contribution in [3.05, 3.63) is 72.2 Å². The molecule has 5 nitrogen and oxygen atoms in total. The number of benzene rings is 2. The fourth-order valence-electron chi connectivity index (χ4n) is 2.58. The van der Waals surface area contributed by atoms with E-state index in [0.29, 0.717) is 11.7 Å². The van der Waals surface area contributed by atoms with Crippen LogP contribution in [-0.4, -0.2) is 19.6 Å². The van der Waals surface area contributed by atoms with E-state index in [1.807, 2.05) is 56.3 Å². The van der Waals surface area contributed by atoms with Crippen molar-refractivity contribution >= 4 is 5.78 Å². The number of hydrogen-bond acceptors (Lipinski definition) is 4. The molecule has 0 aliphatic carbocycles. The van der Waals surface area contributed by atoms with Crippen molar-refractivity contribution in [2.45, 2.75) is 13.8 Å². The Morgan fingerprint density at radius 3 is 2.33 bits per heavy atom. The summed E-state index contributed by atoms with van der Waals surface area (Å²) in [6, 6.07) is 18.3. The Morgan fingerprint density at radius 1 is 0.875 bits per heavy atom. The maximum absolute atomic E-state index is 6.07. The van der Waals surface area contributed by atoms with E-state index in [0.717, 1.165) is 22.6 Å². The van der Waals surface area contributed by atoms with E-state index < -0.39 is 0 Å². The average molecular weight is 316 g/mol. The maximum Gasteiger partial charge on any atom is 0.255 e. The van der Waals surface area contributed by atoms with E-state index in [2.05, 4.69) is 27.2 Å². The molecule has 0 N–H and O–H groups in total. The zero-order valence-corrected chi connectivity index (χ0v) is 13.5. The van der Waals surface area contributed by atoms with Crippen LogP contribution in [-0.2, 0) is 0 Å². The van der Waals surface area contributed by atoms with Gasteiger partial charge in [0.25, 0.3) is 5.78 Å². The van der Waals surface area contributed by atoms with Gasteiger partial charge in [-0.15, -0.1) is 0 Å². The van der Waals surface area contributed by atoms with Gasteiger partial charge in [0.15, 0.2) is 0 Å². The molecule has 0 spiro atoms. The summed E-state index contributed by atoms with van der Waals surface area (Å²) in [7, 11) is 0. The normalized spacial score (nSPS) is 10.9. The molecule has 0 aliphatic heterocycles. The van der Waals surface area contributed by atoms with Gasteiger partial charge in [0, 0.05) is 11.3 Å². The molecule has 5 heteroatoms. The fourth-order valence-corrected chi connectivity index (χ4v) is 2.58. The summed E-state index contributed by atoms with van der Waals surface area (Å²) < 4.78 is 7.69. The SMILES string of the molecule is Cc1nc2ncnn2c(Oc2ccc(-c3ccccc3)cc2)c1C. The van der Waals surface area contributed by atoms with Gasteiger partial charge in [-0.3, -0.25) is 0 Å². The summed E-state index contributed by atoms with van der Waals surface area (Å²) >= 11 is 0. The molecule has 4 rings (SSSR count). The molecule has 0 amide bonds. The van der Waals surface area contributed by atoms with Crippen LogP contribution in [0, 0.1) is 13.8 Å². The number of aryl methyl sites for hydroxylation is 1. The lowest BCUT2D eigenvalue weighted by Crippen LogP contribution is -2.03. The van der Waals surface area contributed by atoms with E-state index in [1.165, 1.54) is 11.9 Å². The minimum absolute atomic E-state index is 0.536. The number of hydrogen-bond donors (Lipinski definition) is 0. The summed E-state index contributed by atoms with van der Waals surface area (Å²) in [4.78, 5) is 8.54. The lowest BCUT2D eigenvalue weighted by Gasteiger charge is -2.12. The highest BCUT2D eigenvalue weighted by Gasteiger charge is 2.13. The highest BCUT2D eigenvalue weighted by Crippen LogP contribution is 2.28. The van der Waals surface area contributed by atoms with Crippen molar-refractivity contribution < 1.29 is 4.74 Å². The third-order valence-electron chi connectivity index (χ3n) is 4.03. The van der Waals surface area contributed by atoms with Gasteiger partial charge in [-0.2, -0.15) is 14.6 Å². The molecular weight excluding hydrogens is 300 g/mol. The van der Waals surface area contributed by atoms with Crippen molar-refractivity contribution in [2.75, 3.05) is 0 Å². The number of ether oxygens (including phenoxy) is 1. The molecule has 118 valence electrons. The highest BCUT2D eigenvalue weighted by molar-refractivity contribution is 5.64. The topological polar surface area (TPSA) is 52.3 Å². The smallest absolute Gasteiger partial charge is 0.255 e. The third-order valence-corrected chi connectivity index (χ3v) is 4.03. The Morgan fingerprint density at radius 2 is 1.58 bits per heavy atom. The molecule has 0 fully saturated rings. The number of nitrogens with zero attached hydrogens (tertiary/aromatic N) is 4. The predicted molar refractivity (Wildman–Crippen MR) is 92.2 cm³/mol. The molecule has 0 atom stereocenters. The summed E-state index contributed by atoms with van der Waals surface area (Å²) in [5, 5.41) is 4.20. The predicted octanol–water partition coefficient (Wildman–Crippen LogP) is 4.20. The molecule has 24 heavy (non-hydrogen) atoms. The van der Waals surface area contributed by atoms with Gasteiger partial charge in [0.05, 0.1) is 0 Å². The van der Waals surface area contributed by atoms with Gasteiger partial charge >= 0.3 is 0 Å².